The SMILES string of the molecule is CN(Cc1cc([N+](=O)[O-])ccc1Cl)C(=O)CC1CC2CCC1C2. The van der Waals surface area contributed by atoms with Crippen molar-refractivity contribution in [1.82, 2.24) is 4.90 Å². The normalized spacial score (nSPS) is 25.6. The minimum atomic E-state index is -0.448. The molecule has 2 bridgehead atoms. The summed E-state index contributed by atoms with van der Waals surface area (Å²) in [5.74, 6) is 2.17. The molecule has 23 heavy (non-hydrogen) atoms. The highest BCUT2D eigenvalue weighted by atomic mass is 35.5. The zero-order valence-electron chi connectivity index (χ0n) is 13.2. The number of non-ortho nitro benzene ring substituents is 1. The molecule has 2 fully saturated rings. The molecule has 3 atom stereocenters. The predicted octanol–water partition coefficient (Wildman–Crippen LogP) is 4.03. The summed E-state index contributed by atoms with van der Waals surface area (Å²) < 4.78 is 0. The Kier molecular flexibility index (Phi) is 4.57. The van der Waals surface area contributed by atoms with E-state index in [4.69, 9.17) is 11.6 Å². The number of nitrogens with zero attached hydrogens (tertiary/aromatic N) is 2. The Morgan fingerprint density at radius 2 is 2.17 bits per heavy atom. The van der Waals surface area contributed by atoms with Crippen LogP contribution in [-0.2, 0) is 11.3 Å². The van der Waals surface area contributed by atoms with Crippen molar-refractivity contribution in [1.29, 1.82) is 0 Å². The molecule has 2 aliphatic carbocycles. The van der Waals surface area contributed by atoms with Crippen molar-refractivity contribution < 1.29 is 9.72 Å². The molecular weight excluding hydrogens is 316 g/mol. The van der Waals surface area contributed by atoms with Crippen LogP contribution in [-0.4, -0.2) is 22.8 Å². The minimum Gasteiger partial charge on any atom is -0.341 e. The van der Waals surface area contributed by atoms with E-state index in [1.807, 2.05) is 0 Å². The Morgan fingerprint density at radius 3 is 2.78 bits per heavy atom. The van der Waals surface area contributed by atoms with E-state index in [1.54, 1.807) is 11.9 Å². The summed E-state index contributed by atoms with van der Waals surface area (Å²) in [6, 6.07) is 4.34. The molecule has 5 nitrogen and oxygen atoms in total. The lowest BCUT2D eigenvalue weighted by atomic mass is 9.86. The lowest BCUT2D eigenvalue weighted by molar-refractivity contribution is -0.384. The van der Waals surface area contributed by atoms with E-state index in [2.05, 4.69) is 0 Å². The Labute approximate surface area is 140 Å². The number of nitro groups is 1. The van der Waals surface area contributed by atoms with Gasteiger partial charge < -0.3 is 4.90 Å². The third-order valence-corrected chi connectivity index (χ3v) is 5.76. The van der Waals surface area contributed by atoms with Crippen molar-refractivity contribution in [2.45, 2.75) is 38.6 Å². The van der Waals surface area contributed by atoms with Crippen LogP contribution in [0.3, 0.4) is 0 Å². The molecule has 0 N–H and O–H groups in total. The van der Waals surface area contributed by atoms with Gasteiger partial charge in [0.2, 0.25) is 5.91 Å². The fraction of sp³-hybridized carbons (Fsp3) is 0.588. The van der Waals surface area contributed by atoms with Crippen molar-refractivity contribution >= 4 is 23.2 Å². The van der Waals surface area contributed by atoms with Gasteiger partial charge in [-0.1, -0.05) is 18.0 Å². The summed E-state index contributed by atoms with van der Waals surface area (Å²) in [6.07, 6.45) is 5.65. The van der Waals surface area contributed by atoms with E-state index in [0.29, 0.717) is 29.5 Å². The summed E-state index contributed by atoms with van der Waals surface area (Å²) in [7, 11) is 1.74. The number of nitro benzene ring substituents is 1. The number of rotatable bonds is 5. The average molecular weight is 337 g/mol. The highest BCUT2D eigenvalue weighted by Gasteiger charge is 2.40. The van der Waals surface area contributed by atoms with Crippen LogP contribution in [0.15, 0.2) is 18.2 Å². The number of hydrogen-bond acceptors (Lipinski definition) is 3. The number of hydrogen-bond donors (Lipinski definition) is 0. The smallest absolute Gasteiger partial charge is 0.269 e. The highest BCUT2D eigenvalue weighted by molar-refractivity contribution is 6.31. The minimum absolute atomic E-state index is 0.00153. The molecule has 2 saturated carbocycles. The quantitative estimate of drug-likeness (QED) is 0.602. The van der Waals surface area contributed by atoms with Crippen molar-refractivity contribution in [3.63, 3.8) is 0 Å². The van der Waals surface area contributed by atoms with Crippen LogP contribution in [0.25, 0.3) is 0 Å². The van der Waals surface area contributed by atoms with E-state index in [0.717, 1.165) is 11.8 Å². The zero-order chi connectivity index (χ0) is 16.6. The molecule has 3 unspecified atom stereocenters. The number of amides is 1. The van der Waals surface area contributed by atoms with Crippen LogP contribution < -0.4 is 0 Å². The largest absolute Gasteiger partial charge is 0.341 e. The standard InChI is InChI=1S/C17H21ClN2O3/c1-19(10-14-8-15(20(22)23)4-5-16(14)18)17(21)9-13-7-11-2-3-12(13)6-11/h4-5,8,11-13H,2-3,6-7,9-10H2,1H3. The maximum absolute atomic E-state index is 12.5. The Bertz CT molecular complexity index is 634. The number of halogens is 1. The van der Waals surface area contributed by atoms with Gasteiger partial charge in [-0.3, -0.25) is 14.9 Å². The van der Waals surface area contributed by atoms with E-state index in [1.165, 1.54) is 43.9 Å². The van der Waals surface area contributed by atoms with Gasteiger partial charge in [0.25, 0.3) is 5.69 Å². The highest BCUT2D eigenvalue weighted by Crippen LogP contribution is 2.49. The lowest BCUT2D eigenvalue weighted by Gasteiger charge is -2.24. The zero-order valence-corrected chi connectivity index (χ0v) is 14.0. The van der Waals surface area contributed by atoms with Crippen LogP contribution in [0.4, 0.5) is 5.69 Å². The fourth-order valence-corrected chi connectivity index (χ4v) is 4.32. The van der Waals surface area contributed by atoms with Gasteiger partial charge >= 0.3 is 0 Å². The van der Waals surface area contributed by atoms with E-state index in [9.17, 15) is 14.9 Å². The van der Waals surface area contributed by atoms with Gasteiger partial charge in [-0.15, -0.1) is 0 Å². The third-order valence-electron chi connectivity index (χ3n) is 5.39. The van der Waals surface area contributed by atoms with Gasteiger partial charge in [0, 0.05) is 37.2 Å². The number of carbonyl (C=O) groups excluding carboxylic acids is 1. The molecule has 0 radical (unpaired) electrons. The summed E-state index contributed by atoms with van der Waals surface area (Å²) in [5, 5.41) is 11.3. The van der Waals surface area contributed by atoms with Crippen LogP contribution >= 0.6 is 11.6 Å². The van der Waals surface area contributed by atoms with E-state index < -0.39 is 4.92 Å². The summed E-state index contributed by atoms with van der Waals surface area (Å²) in [5.41, 5.74) is 0.614. The lowest BCUT2D eigenvalue weighted by Crippen LogP contribution is -2.29. The van der Waals surface area contributed by atoms with Crippen molar-refractivity contribution in [3.8, 4) is 0 Å². The van der Waals surface area contributed by atoms with Gasteiger partial charge in [-0.05, 0) is 48.6 Å². The van der Waals surface area contributed by atoms with E-state index in [-0.39, 0.29) is 11.6 Å². The molecular formula is C17H21ClN2O3. The molecule has 0 saturated heterocycles. The average Bonchev–Trinajstić information content (AvgIpc) is 3.11. The molecule has 6 heteroatoms. The summed E-state index contributed by atoms with van der Waals surface area (Å²) >= 11 is 6.11. The number of carbonyl (C=O) groups is 1. The van der Waals surface area contributed by atoms with Crippen LogP contribution in [0.5, 0.6) is 0 Å². The van der Waals surface area contributed by atoms with Crippen LogP contribution in [0.1, 0.15) is 37.7 Å². The molecule has 0 aromatic heterocycles. The van der Waals surface area contributed by atoms with Crippen LogP contribution in [0, 0.1) is 27.9 Å². The van der Waals surface area contributed by atoms with Gasteiger partial charge in [0.15, 0.2) is 0 Å². The summed E-state index contributed by atoms with van der Waals surface area (Å²) in [6.45, 7) is 0.306. The molecule has 124 valence electrons. The first-order chi connectivity index (χ1) is 10.9. The molecule has 1 aromatic carbocycles. The topological polar surface area (TPSA) is 63.4 Å². The van der Waals surface area contributed by atoms with Crippen molar-refractivity contribution in [2.24, 2.45) is 17.8 Å². The van der Waals surface area contributed by atoms with Crippen molar-refractivity contribution in [2.75, 3.05) is 7.05 Å². The Balaban J connectivity index is 1.62. The first-order valence-electron chi connectivity index (χ1n) is 8.11. The van der Waals surface area contributed by atoms with Gasteiger partial charge in [0.05, 0.1) is 4.92 Å². The second-order valence-corrected chi connectivity index (χ2v) is 7.33. The number of fused-ring (bicyclic) bond motifs is 2. The molecule has 2 aliphatic rings. The van der Waals surface area contributed by atoms with E-state index >= 15 is 0 Å². The van der Waals surface area contributed by atoms with Crippen molar-refractivity contribution in [3.05, 3.63) is 38.9 Å². The molecule has 1 aromatic rings. The summed E-state index contributed by atoms with van der Waals surface area (Å²) in [4.78, 5) is 24.5. The third kappa shape index (κ3) is 3.50. The van der Waals surface area contributed by atoms with Crippen LogP contribution in [0.2, 0.25) is 5.02 Å². The molecule has 0 spiro atoms. The molecule has 0 aliphatic heterocycles. The number of benzene rings is 1. The molecule has 1 amide bonds. The molecule has 0 heterocycles. The maximum Gasteiger partial charge on any atom is 0.269 e. The molecule has 3 rings (SSSR count). The van der Waals surface area contributed by atoms with Gasteiger partial charge in [0.1, 0.15) is 0 Å². The first kappa shape index (κ1) is 16.2. The predicted molar refractivity (Wildman–Crippen MR) is 88.1 cm³/mol. The monoisotopic (exact) mass is 336 g/mol. The Morgan fingerprint density at radius 1 is 1.39 bits per heavy atom. The van der Waals surface area contributed by atoms with Gasteiger partial charge in [-0.2, -0.15) is 0 Å². The first-order valence-corrected chi connectivity index (χ1v) is 8.48. The second kappa shape index (κ2) is 6.48. The Hall–Kier alpha value is -1.62. The van der Waals surface area contributed by atoms with Gasteiger partial charge in [-0.25, -0.2) is 0 Å². The fourth-order valence-electron chi connectivity index (χ4n) is 4.15. The second-order valence-electron chi connectivity index (χ2n) is 6.92. The maximum atomic E-state index is 12.5.